The molecule has 1 aromatic rings. The first-order valence-electron chi connectivity index (χ1n) is 11.5. The van der Waals surface area contributed by atoms with Crippen molar-refractivity contribution in [1.82, 2.24) is 5.32 Å². The number of esters is 3. The molecule has 2 amide bonds. The third-order valence-corrected chi connectivity index (χ3v) is 5.98. The van der Waals surface area contributed by atoms with Gasteiger partial charge in [0, 0.05) is 0 Å². The van der Waals surface area contributed by atoms with Crippen LogP contribution in [0.1, 0.15) is 57.8 Å². The van der Waals surface area contributed by atoms with E-state index in [1.54, 1.807) is 13.8 Å². The second-order valence-electron chi connectivity index (χ2n) is 8.42. The third-order valence-electron chi connectivity index (χ3n) is 5.98. The first-order chi connectivity index (χ1) is 16.5. The quantitative estimate of drug-likeness (QED) is 0.213. The van der Waals surface area contributed by atoms with Crippen LogP contribution in [0.5, 0.6) is 5.75 Å². The van der Waals surface area contributed by atoms with Gasteiger partial charge in [-0.15, -0.1) is 0 Å². The van der Waals surface area contributed by atoms with Crippen LogP contribution in [-0.2, 0) is 33.4 Å². The average molecular weight is 493 g/mol. The Labute approximate surface area is 203 Å². The molecule has 1 aliphatic heterocycles. The van der Waals surface area contributed by atoms with Crippen LogP contribution in [-0.4, -0.2) is 59.7 Å². The summed E-state index contributed by atoms with van der Waals surface area (Å²) < 4.78 is 16.5. The molecule has 1 saturated heterocycles. The van der Waals surface area contributed by atoms with E-state index in [2.05, 4.69) is 10.6 Å². The van der Waals surface area contributed by atoms with Crippen molar-refractivity contribution >= 4 is 35.9 Å². The van der Waals surface area contributed by atoms with Gasteiger partial charge in [-0.1, -0.05) is 26.8 Å². The standard InChI is InChI=1S/C24H32N2O9/c1-6-12(3)22(30)35-20-14(5)34-24(32)18(13(4)33-23(31)15(20)7-2)26-21(29)16-9-8-10-17(19(16)28)25-11-27/h8-15,18,20,28H,6-7H2,1-5H3,(H,25,27)(H,26,29)/t12-,13+,14-,15+,18-,20-/m0/s1. The molecular formula is C24H32N2O9. The zero-order valence-corrected chi connectivity index (χ0v) is 20.4. The third kappa shape index (κ3) is 6.49. The van der Waals surface area contributed by atoms with Crippen molar-refractivity contribution in [3.63, 3.8) is 0 Å². The topological polar surface area (TPSA) is 157 Å². The van der Waals surface area contributed by atoms with E-state index >= 15 is 0 Å². The second kappa shape index (κ2) is 12.2. The molecule has 2 rings (SSSR count). The van der Waals surface area contributed by atoms with Crippen LogP contribution in [0.2, 0.25) is 0 Å². The molecule has 0 radical (unpaired) electrons. The Morgan fingerprint density at radius 1 is 1.14 bits per heavy atom. The van der Waals surface area contributed by atoms with Gasteiger partial charge in [0.25, 0.3) is 5.91 Å². The number of aromatic hydroxyl groups is 1. The van der Waals surface area contributed by atoms with Gasteiger partial charge in [0.05, 0.1) is 23.1 Å². The summed E-state index contributed by atoms with van der Waals surface area (Å²) in [6.07, 6.45) is -2.09. The number of hydrogen-bond acceptors (Lipinski definition) is 9. The van der Waals surface area contributed by atoms with Crippen molar-refractivity contribution in [2.24, 2.45) is 11.8 Å². The van der Waals surface area contributed by atoms with Gasteiger partial charge in [-0.3, -0.25) is 19.2 Å². The number of benzene rings is 1. The van der Waals surface area contributed by atoms with Crippen molar-refractivity contribution in [1.29, 1.82) is 0 Å². The van der Waals surface area contributed by atoms with E-state index in [0.717, 1.165) is 0 Å². The summed E-state index contributed by atoms with van der Waals surface area (Å²) >= 11 is 0. The lowest BCUT2D eigenvalue weighted by Crippen LogP contribution is -2.50. The van der Waals surface area contributed by atoms with E-state index in [0.29, 0.717) is 12.8 Å². The van der Waals surface area contributed by atoms with Gasteiger partial charge in [-0.05, 0) is 38.8 Å². The van der Waals surface area contributed by atoms with Gasteiger partial charge < -0.3 is 30.0 Å². The molecule has 1 fully saturated rings. The highest BCUT2D eigenvalue weighted by Crippen LogP contribution is 2.28. The van der Waals surface area contributed by atoms with E-state index in [1.165, 1.54) is 32.0 Å². The molecule has 1 aromatic carbocycles. The Morgan fingerprint density at radius 3 is 2.40 bits per heavy atom. The fourth-order valence-corrected chi connectivity index (χ4v) is 3.61. The smallest absolute Gasteiger partial charge is 0.332 e. The van der Waals surface area contributed by atoms with E-state index in [4.69, 9.17) is 14.2 Å². The number of anilines is 1. The number of rotatable bonds is 8. The van der Waals surface area contributed by atoms with Gasteiger partial charge in [-0.2, -0.15) is 0 Å². The molecule has 0 unspecified atom stereocenters. The summed E-state index contributed by atoms with van der Waals surface area (Å²) in [5, 5.41) is 15.0. The van der Waals surface area contributed by atoms with Gasteiger partial charge in [0.2, 0.25) is 6.41 Å². The summed E-state index contributed by atoms with van der Waals surface area (Å²) in [7, 11) is 0. The van der Waals surface area contributed by atoms with Crippen LogP contribution in [0, 0.1) is 11.8 Å². The molecule has 0 spiro atoms. The minimum absolute atomic E-state index is 0.00505. The Kier molecular flexibility index (Phi) is 9.61. The Bertz CT molecular complexity index is 964. The summed E-state index contributed by atoms with van der Waals surface area (Å²) in [5.74, 6) is -4.81. The van der Waals surface area contributed by atoms with Crippen molar-refractivity contribution in [2.75, 3.05) is 5.32 Å². The summed E-state index contributed by atoms with van der Waals surface area (Å²) in [6, 6.07) is 2.68. The lowest BCUT2D eigenvalue weighted by molar-refractivity contribution is -0.177. The van der Waals surface area contributed by atoms with Gasteiger partial charge in [0.1, 0.15) is 12.2 Å². The van der Waals surface area contributed by atoms with Crippen LogP contribution < -0.4 is 10.6 Å². The van der Waals surface area contributed by atoms with Gasteiger partial charge >= 0.3 is 17.9 Å². The zero-order valence-electron chi connectivity index (χ0n) is 20.4. The van der Waals surface area contributed by atoms with Crippen LogP contribution in [0.25, 0.3) is 0 Å². The van der Waals surface area contributed by atoms with Crippen molar-refractivity contribution < 1.29 is 43.3 Å². The maximum absolute atomic E-state index is 13.0. The SMILES string of the molecule is CC[C@H](C)C(=O)O[C@H]1[C@H](C)OC(=O)[C@@H](NC(=O)c2cccc(NC=O)c2O)[C@@H](C)OC(=O)[C@@H]1CC. The Morgan fingerprint density at radius 2 is 1.80 bits per heavy atom. The normalized spacial score (nSPS) is 25.6. The van der Waals surface area contributed by atoms with E-state index < -0.39 is 65.8 Å². The lowest BCUT2D eigenvalue weighted by atomic mass is 9.95. The molecule has 6 atom stereocenters. The highest BCUT2D eigenvalue weighted by atomic mass is 16.6. The van der Waals surface area contributed by atoms with Gasteiger partial charge in [0.15, 0.2) is 17.9 Å². The fraction of sp³-hybridized carbons (Fsp3) is 0.542. The fourth-order valence-electron chi connectivity index (χ4n) is 3.61. The van der Waals surface area contributed by atoms with Crippen molar-refractivity contribution in [3.05, 3.63) is 23.8 Å². The van der Waals surface area contributed by atoms with Crippen molar-refractivity contribution in [2.45, 2.75) is 71.8 Å². The monoisotopic (exact) mass is 492 g/mol. The lowest BCUT2D eigenvalue weighted by Gasteiger charge is -2.29. The molecule has 1 aliphatic rings. The Balaban J connectivity index is 2.32. The number of amides is 2. The molecule has 0 aliphatic carbocycles. The molecule has 1 heterocycles. The highest BCUT2D eigenvalue weighted by molar-refractivity contribution is 6.01. The summed E-state index contributed by atoms with van der Waals surface area (Å²) in [5.41, 5.74) is -0.225. The summed E-state index contributed by atoms with van der Waals surface area (Å²) in [6.45, 7) is 8.14. The number of hydrogen-bond donors (Lipinski definition) is 3. The number of ether oxygens (including phenoxy) is 3. The van der Waals surface area contributed by atoms with Gasteiger partial charge in [-0.25, -0.2) is 4.79 Å². The molecule has 0 saturated carbocycles. The predicted octanol–water partition coefficient (Wildman–Crippen LogP) is 1.92. The minimum atomic E-state index is -1.42. The van der Waals surface area contributed by atoms with Crippen LogP contribution >= 0.6 is 0 Å². The molecule has 0 bridgehead atoms. The molecular weight excluding hydrogens is 460 g/mol. The maximum Gasteiger partial charge on any atom is 0.332 e. The number of phenolic OH excluding ortho intramolecular Hbond substituents is 1. The van der Waals surface area contributed by atoms with Crippen molar-refractivity contribution in [3.8, 4) is 5.75 Å². The second-order valence-corrected chi connectivity index (χ2v) is 8.42. The number of cyclic esters (lactones) is 2. The van der Waals surface area contributed by atoms with E-state index in [9.17, 15) is 29.1 Å². The number of para-hydroxylation sites is 1. The first-order valence-corrected chi connectivity index (χ1v) is 11.5. The molecule has 192 valence electrons. The summed E-state index contributed by atoms with van der Waals surface area (Å²) in [4.78, 5) is 61.9. The van der Waals surface area contributed by atoms with E-state index in [-0.39, 0.29) is 17.7 Å². The molecule has 0 aromatic heterocycles. The molecule has 11 heteroatoms. The minimum Gasteiger partial charge on any atom is -0.505 e. The van der Waals surface area contributed by atoms with Crippen LogP contribution in [0.3, 0.4) is 0 Å². The number of phenols is 1. The predicted molar refractivity (Wildman–Crippen MR) is 123 cm³/mol. The first kappa shape index (κ1) is 27.6. The maximum atomic E-state index is 13.0. The number of carbonyl (C=O) groups excluding carboxylic acids is 5. The molecule has 35 heavy (non-hydrogen) atoms. The zero-order chi connectivity index (χ0) is 26.3. The van der Waals surface area contributed by atoms with Crippen LogP contribution in [0.15, 0.2) is 18.2 Å². The van der Waals surface area contributed by atoms with E-state index in [1.807, 2.05) is 6.92 Å². The average Bonchev–Trinajstić information content (AvgIpc) is 2.84. The molecule has 11 nitrogen and oxygen atoms in total. The molecule has 3 N–H and O–H groups in total. The number of nitrogens with one attached hydrogen (secondary N) is 2. The highest BCUT2D eigenvalue weighted by Gasteiger charge is 2.43. The largest absolute Gasteiger partial charge is 0.505 e. The van der Waals surface area contributed by atoms with Crippen LogP contribution in [0.4, 0.5) is 5.69 Å². The number of carbonyl (C=O) groups is 5. The Hall–Kier alpha value is -3.63.